The van der Waals surface area contributed by atoms with E-state index in [1.54, 1.807) is 24.3 Å². The molecular weight excluding hydrogens is 392 g/mol. The maximum Gasteiger partial charge on any atom is 0.254 e. The second kappa shape index (κ2) is 11.1. The van der Waals surface area contributed by atoms with Gasteiger partial charge in [0.2, 0.25) is 0 Å². The number of hydrogen-bond acceptors (Lipinski definition) is 5. The van der Waals surface area contributed by atoms with Crippen LogP contribution < -0.4 is 9.47 Å². The molecule has 0 aliphatic carbocycles. The van der Waals surface area contributed by atoms with E-state index >= 15 is 0 Å². The van der Waals surface area contributed by atoms with Gasteiger partial charge in [0.25, 0.3) is 5.91 Å². The van der Waals surface area contributed by atoms with Crippen molar-refractivity contribution in [2.45, 2.75) is 26.5 Å². The molecule has 1 aromatic heterocycles. The molecule has 0 unspecified atom stereocenters. The number of rotatable bonds is 10. The maximum atomic E-state index is 13.3. The van der Waals surface area contributed by atoms with E-state index in [4.69, 9.17) is 9.47 Å². The first-order valence-electron chi connectivity index (χ1n) is 10.3. The molecule has 6 nitrogen and oxygen atoms in total. The highest BCUT2D eigenvalue weighted by Crippen LogP contribution is 2.21. The number of carbonyl (C=O) groups excluding carboxylic acids is 1. The Balaban J connectivity index is 1.74. The number of ether oxygens (including phenoxy) is 2. The van der Waals surface area contributed by atoms with Crippen molar-refractivity contribution in [3.63, 3.8) is 0 Å². The number of hydrogen-bond donors (Lipinski definition) is 1. The number of methoxy groups -OCH3 is 1. The molecule has 0 saturated carbocycles. The summed E-state index contributed by atoms with van der Waals surface area (Å²) in [6.45, 7) is 3.14. The van der Waals surface area contributed by atoms with Gasteiger partial charge in [-0.2, -0.15) is 0 Å². The molecule has 1 N–H and O–H groups in total. The molecule has 0 radical (unpaired) electrons. The van der Waals surface area contributed by atoms with Gasteiger partial charge in [-0.25, -0.2) is 0 Å². The summed E-state index contributed by atoms with van der Waals surface area (Å²) in [6.07, 6.45) is 2.19. The highest BCUT2D eigenvalue weighted by molar-refractivity contribution is 5.94. The van der Waals surface area contributed by atoms with Gasteiger partial charge in [0.1, 0.15) is 18.1 Å². The highest BCUT2D eigenvalue weighted by atomic mass is 16.5. The van der Waals surface area contributed by atoms with Gasteiger partial charge >= 0.3 is 0 Å². The van der Waals surface area contributed by atoms with Crippen molar-refractivity contribution in [3.05, 3.63) is 89.2 Å². The van der Waals surface area contributed by atoms with Crippen LogP contribution in [0, 0.1) is 6.92 Å². The summed E-state index contributed by atoms with van der Waals surface area (Å²) in [5, 5.41) is 9.29. The second-order valence-electron chi connectivity index (χ2n) is 7.24. The van der Waals surface area contributed by atoms with Crippen LogP contribution in [0.15, 0.2) is 66.9 Å². The molecule has 1 heterocycles. The minimum atomic E-state index is -0.0989. The van der Waals surface area contributed by atoms with E-state index in [9.17, 15) is 9.90 Å². The van der Waals surface area contributed by atoms with Crippen LogP contribution in [0.1, 0.15) is 33.6 Å². The zero-order valence-electron chi connectivity index (χ0n) is 18.0. The quantitative estimate of drug-likeness (QED) is 0.537. The van der Waals surface area contributed by atoms with E-state index < -0.39 is 0 Å². The summed E-state index contributed by atoms with van der Waals surface area (Å²) in [4.78, 5) is 19.2. The fourth-order valence-corrected chi connectivity index (χ4v) is 3.24. The largest absolute Gasteiger partial charge is 0.496 e. The lowest BCUT2D eigenvalue weighted by Gasteiger charge is -2.24. The molecule has 3 aromatic rings. The van der Waals surface area contributed by atoms with Crippen LogP contribution in [0.3, 0.4) is 0 Å². The Hall–Kier alpha value is -3.38. The van der Waals surface area contributed by atoms with Crippen LogP contribution in [0.4, 0.5) is 0 Å². The minimum Gasteiger partial charge on any atom is -0.496 e. The van der Waals surface area contributed by atoms with E-state index in [0.29, 0.717) is 37.4 Å². The standard InChI is InChI=1S/C25H28N2O4/c1-19-11-12-23(16-26-19)31-18-20-7-5-9-21(15-20)25(29)27(13-6-14-28)17-22-8-3-4-10-24(22)30-2/h3-5,7-12,15-16,28H,6,13-14,17-18H2,1-2H3. The second-order valence-corrected chi connectivity index (χ2v) is 7.24. The van der Waals surface area contributed by atoms with E-state index in [2.05, 4.69) is 4.98 Å². The molecule has 0 spiro atoms. The predicted molar refractivity (Wildman–Crippen MR) is 119 cm³/mol. The van der Waals surface area contributed by atoms with Crippen molar-refractivity contribution in [1.82, 2.24) is 9.88 Å². The number of aryl methyl sites for hydroxylation is 1. The van der Waals surface area contributed by atoms with Crippen LogP contribution >= 0.6 is 0 Å². The van der Waals surface area contributed by atoms with Crippen LogP contribution in [0.2, 0.25) is 0 Å². The van der Waals surface area contributed by atoms with Crippen molar-refractivity contribution in [1.29, 1.82) is 0 Å². The number of aromatic nitrogens is 1. The first-order chi connectivity index (χ1) is 15.1. The maximum absolute atomic E-state index is 13.3. The van der Waals surface area contributed by atoms with Gasteiger partial charge in [-0.1, -0.05) is 30.3 Å². The topological polar surface area (TPSA) is 71.9 Å². The Morgan fingerprint density at radius 2 is 1.94 bits per heavy atom. The highest BCUT2D eigenvalue weighted by Gasteiger charge is 2.18. The number of amides is 1. The first kappa shape index (κ1) is 22.3. The summed E-state index contributed by atoms with van der Waals surface area (Å²) >= 11 is 0. The normalized spacial score (nSPS) is 10.5. The predicted octanol–water partition coefficient (Wildman–Crippen LogP) is 4.00. The third-order valence-corrected chi connectivity index (χ3v) is 4.89. The number of para-hydroxylation sites is 1. The van der Waals surface area contributed by atoms with Crippen LogP contribution in [0.25, 0.3) is 0 Å². The van der Waals surface area contributed by atoms with Gasteiger partial charge in [0, 0.05) is 36.5 Å². The molecule has 0 bridgehead atoms. The number of aliphatic hydroxyl groups is 1. The minimum absolute atomic E-state index is 0.0220. The van der Waals surface area contributed by atoms with Crippen LogP contribution in [0.5, 0.6) is 11.5 Å². The molecule has 2 aromatic carbocycles. The Labute approximate surface area is 183 Å². The summed E-state index contributed by atoms with van der Waals surface area (Å²) in [5.74, 6) is 1.32. The summed E-state index contributed by atoms with van der Waals surface area (Å²) in [7, 11) is 1.62. The third-order valence-electron chi connectivity index (χ3n) is 4.89. The van der Waals surface area contributed by atoms with Gasteiger partial charge in [0.15, 0.2) is 0 Å². The Morgan fingerprint density at radius 1 is 1.10 bits per heavy atom. The molecule has 162 valence electrons. The van der Waals surface area contributed by atoms with Crippen molar-refractivity contribution in [2.24, 2.45) is 0 Å². The molecule has 0 aliphatic rings. The van der Waals surface area contributed by atoms with Crippen molar-refractivity contribution < 1.29 is 19.4 Å². The molecule has 0 aliphatic heterocycles. The van der Waals surface area contributed by atoms with Crippen LogP contribution in [-0.2, 0) is 13.2 Å². The average Bonchev–Trinajstić information content (AvgIpc) is 2.81. The fraction of sp³-hybridized carbons (Fsp3) is 0.280. The number of carbonyl (C=O) groups is 1. The lowest BCUT2D eigenvalue weighted by molar-refractivity contribution is 0.0730. The average molecular weight is 421 g/mol. The zero-order valence-corrected chi connectivity index (χ0v) is 18.0. The van der Waals surface area contributed by atoms with Gasteiger partial charge in [-0.3, -0.25) is 9.78 Å². The van der Waals surface area contributed by atoms with E-state index in [0.717, 1.165) is 22.6 Å². The SMILES string of the molecule is COc1ccccc1CN(CCCO)C(=O)c1cccc(COc2ccc(C)nc2)c1. The Kier molecular flexibility index (Phi) is 8.01. The number of benzene rings is 2. The fourth-order valence-electron chi connectivity index (χ4n) is 3.24. The number of pyridine rings is 1. The smallest absolute Gasteiger partial charge is 0.254 e. The van der Waals surface area contributed by atoms with Crippen molar-refractivity contribution in [3.8, 4) is 11.5 Å². The molecule has 3 rings (SSSR count). The summed E-state index contributed by atoms with van der Waals surface area (Å²) in [5.41, 5.74) is 3.32. The lowest BCUT2D eigenvalue weighted by atomic mass is 10.1. The molecule has 0 fully saturated rings. The molecule has 31 heavy (non-hydrogen) atoms. The van der Waals surface area contributed by atoms with Gasteiger partial charge in [-0.05, 0) is 49.2 Å². The van der Waals surface area contributed by atoms with Crippen LogP contribution in [-0.4, -0.2) is 41.2 Å². The number of aliphatic hydroxyl groups excluding tert-OH is 1. The zero-order chi connectivity index (χ0) is 22.1. The molecular formula is C25H28N2O4. The Morgan fingerprint density at radius 3 is 2.68 bits per heavy atom. The number of nitrogens with zero attached hydrogens (tertiary/aromatic N) is 2. The van der Waals surface area contributed by atoms with Gasteiger partial charge in [-0.15, -0.1) is 0 Å². The first-order valence-corrected chi connectivity index (χ1v) is 10.3. The van der Waals surface area contributed by atoms with E-state index in [1.165, 1.54) is 0 Å². The molecule has 6 heteroatoms. The third kappa shape index (κ3) is 6.30. The van der Waals surface area contributed by atoms with Crippen molar-refractivity contribution >= 4 is 5.91 Å². The molecule has 0 atom stereocenters. The van der Waals surface area contributed by atoms with Gasteiger partial charge < -0.3 is 19.5 Å². The van der Waals surface area contributed by atoms with E-state index in [-0.39, 0.29) is 12.5 Å². The summed E-state index contributed by atoms with van der Waals surface area (Å²) in [6, 6.07) is 18.8. The summed E-state index contributed by atoms with van der Waals surface area (Å²) < 4.78 is 11.2. The lowest BCUT2D eigenvalue weighted by Crippen LogP contribution is -2.32. The molecule has 1 amide bonds. The van der Waals surface area contributed by atoms with E-state index in [1.807, 2.05) is 61.5 Å². The molecule has 0 saturated heterocycles. The van der Waals surface area contributed by atoms with Crippen molar-refractivity contribution in [2.75, 3.05) is 20.3 Å². The monoisotopic (exact) mass is 420 g/mol. The Bertz CT molecular complexity index is 989. The van der Waals surface area contributed by atoms with Gasteiger partial charge in [0.05, 0.1) is 13.3 Å².